The number of aromatic nitrogens is 1. The summed E-state index contributed by atoms with van der Waals surface area (Å²) >= 11 is 10.9. The molecule has 3 aromatic carbocycles. The van der Waals surface area contributed by atoms with Crippen LogP contribution in [0.5, 0.6) is 11.5 Å². The van der Waals surface area contributed by atoms with Crippen molar-refractivity contribution in [1.29, 1.82) is 0 Å². The fraction of sp³-hybridized carbons (Fsp3) is 0.115. The van der Waals surface area contributed by atoms with Gasteiger partial charge in [-0.25, -0.2) is 10.4 Å². The van der Waals surface area contributed by atoms with Crippen molar-refractivity contribution in [1.82, 2.24) is 10.4 Å². The number of nitrogens with zero attached hydrogens (tertiary/aromatic N) is 2. The van der Waals surface area contributed by atoms with Gasteiger partial charge in [0.1, 0.15) is 0 Å². The van der Waals surface area contributed by atoms with Crippen LogP contribution in [0, 0.1) is 0 Å². The number of nitrogens with one attached hydrogen (secondary N) is 2. The van der Waals surface area contributed by atoms with Gasteiger partial charge in [0.2, 0.25) is 0 Å². The number of benzene rings is 3. The predicted molar refractivity (Wildman–Crippen MR) is 149 cm³/mol. The molecule has 0 saturated carbocycles. The Morgan fingerprint density at radius 2 is 1.92 bits per heavy atom. The van der Waals surface area contributed by atoms with Crippen molar-refractivity contribution < 1.29 is 14.3 Å². The fourth-order valence-electron chi connectivity index (χ4n) is 3.27. The van der Waals surface area contributed by atoms with Crippen molar-refractivity contribution in [2.45, 2.75) is 6.92 Å². The average molecular weight is 586 g/mol. The maximum atomic E-state index is 12.5. The van der Waals surface area contributed by atoms with E-state index in [0.717, 1.165) is 32.1 Å². The van der Waals surface area contributed by atoms with E-state index < -0.39 is 0 Å². The molecule has 2 N–H and O–H groups in total. The van der Waals surface area contributed by atoms with Crippen molar-refractivity contribution in [3.8, 4) is 22.8 Å². The second kappa shape index (κ2) is 12.0. The number of rotatable bonds is 9. The van der Waals surface area contributed by atoms with Gasteiger partial charge >= 0.3 is 0 Å². The molecule has 36 heavy (non-hydrogen) atoms. The van der Waals surface area contributed by atoms with E-state index in [9.17, 15) is 4.79 Å². The number of hydrogen-bond acceptors (Lipinski definition) is 7. The highest BCUT2D eigenvalue weighted by atomic mass is 79.9. The number of thiazole rings is 1. The van der Waals surface area contributed by atoms with Crippen molar-refractivity contribution in [3.63, 3.8) is 0 Å². The lowest BCUT2D eigenvalue weighted by Crippen LogP contribution is -2.17. The third kappa shape index (κ3) is 6.42. The Morgan fingerprint density at radius 3 is 2.61 bits per heavy atom. The molecule has 10 heteroatoms. The van der Waals surface area contributed by atoms with Gasteiger partial charge in [-0.3, -0.25) is 4.79 Å². The summed E-state index contributed by atoms with van der Waals surface area (Å²) in [6.07, 6.45) is 1.55. The Labute approximate surface area is 226 Å². The lowest BCUT2D eigenvalue weighted by Gasteiger charge is -2.11. The Bertz CT molecular complexity index is 1380. The Kier molecular flexibility index (Phi) is 8.58. The summed E-state index contributed by atoms with van der Waals surface area (Å²) in [5.74, 6) is 0.871. The lowest BCUT2D eigenvalue weighted by atomic mass is 10.1. The zero-order valence-electron chi connectivity index (χ0n) is 19.4. The highest BCUT2D eigenvalue weighted by Crippen LogP contribution is 2.36. The quantitative estimate of drug-likeness (QED) is 0.161. The summed E-state index contributed by atoms with van der Waals surface area (Å²) < 4.78 is 11.7. The molecule has 0 radical (unpaired) electrons. The first kappa shape index (κ1) is 25.7. The molecule has 0 aliphatic heterocycles. The Balaban J connectivity index is 1.38. The fourth-order valence-corrected chi connectivity index (χ4v) is 4.75. The molecule has 1 amide bonds. The molecule has 0 fully saturated rings. The average Bonchev–Trinajstić information content (AvgIpc) is 3.34. The number of hydrogen-bond donors (Lipinski definition) is 2. The lowest BCUT2D eigenvalue weighted by molar-refractivity contribution is 0.0955. The first-order valence-electron chi connectivity index (χ1n) is 10.9. The van der Waals surface area contributed by atoms with Crippen molar-refractivity contribution in [2.75, 3.05) is 19.0 Å². The molecule has 0 spiro atoms. The van der Waals surface area contributed by atoms with Gasteiger partial charge in [-0.15, -0.1) is 11.3 Å². The van der Waals surface area contributed by atoms with Gasteiger partial charge in [-0.1, -0.05) is 23.7 Å². The first-order valence-corrected chi connectivity index (χ1v) is 12.9. The highest BCUT2D eigenvalue weighted by Gasteiger charge is 2.11. The van der Waals surface area contributed by atoms with Crippen LogP contribution in [0.2, 0.25) is 5.02 Å². The SMILES string of the molecule is CCOc1cc(/C=N\NC(=O)c2ccc(-c3csc(Nc4ccc(Cl)cc4)n3)cc2)cc(Br)c1OC. The molecule has 0 saturated heterocycles. The molecular weight excluding hydrogens is 564 g/mol. The summed E-state index contributed by atoms with van der Waals surface area (Å²) in [5, 5.41) is 10.7. The maximum absolute atomic E-state index is 12.5. The molecule has 0 bridgehead atoms. The maximum Gasteiger partial charge on any atom is 0.271 e. The monoisotopic (exact) mass is 584 g/mol. The normalized spacial score (nSPS) is 10.9. The number of methoxy groups -OCH3 is 1. The van der Waals surface area contributed by atoms with Crippen LogP contribution >= 0.6 is 38.9 Å². The largest absolute Gasteiger partial charge is 0.492 e. The van der Waals surface area contributed by atoms with Crippen molar-refractivity contribution >= 4 is 61.8 Å². The van der Waals surface area contributed by atoms with Crippen LogP contribution in [-0.2, 0) is 0 Å². The summed E-state index contributed by atoms with van der Waals surface area (Å²) in [4.78, 5) is 17.2. The molecular formula is C26H22BrClN4O3S. The minimum absolute atomic E-state index is 0.321. The summed E-state index contributed by atoms with van der Waals surface area (Å²) in [5.41, 5.74) is 6.41. The van der Waals surface area contributed by atoms with E-state index in [1.54, 1.807) is 31.5 Å². The molecule has 7 nitrogen and oxygen atoms in total. The van der Waals surface area contributed by atoms with Crippen LogP contribution in [0.3, 0.4) is 0 Å². The predicted octanol–water partition coefficient (Wildman–Crippen LogP) is 7.14. The van der Waals surface area contributed by atoms with E-state index in [4.69, 9.17) is 21.1 Å². The molecule has 4 aromatic rings. The zero-order chi connectivity index (χ0) is 25.5. The summed E-state index contributed by atoms with van der Waals surface area (Å²) in [7, 11) is 1.58. The number of ether oxygens (including phenoxy) is 2. The second-order valence-electron chi connectivity index (χ2n) is 7.41. The number of anilines is 2. The van der Waals surface area contributed by atoms with Gasteiger partial charge in [0, 0.05) is 27.2 Å². The third-order valence-corrected chi connectivity index (χ3v) is 6.56. The van der Waals surface area contributed by atoms with Crippen LogP contribution in [0.15, 0.2) is 75.6 Å². The minimum atomic E-state index is -0.321. The molecule has 0 atom stereocenters. The number of amides is 1. The summed E-state index contributed by atoms with van der Waals surface area (Å²) in [6.45, 7) is 2.39. The van der Waals surface area contributed by atoms with E-state index in [0.29, 0.717) is 28.7 Å². The Hall–Kier alpha value is -3.40. The molecule has 1 aromatic heterocycles. The second-order valence-corrected chi connectivity index (χ2v) is 9.56. The first-order chi connectivity index (χ1) is 17.5. The van der Waals surface area contributed by atoms with Gasteiger partial charge < -0.3 is 14.8 Å². The summed E-state index contributed by atoms with van der Waals surface area (Å²) in [6, 6.07) is 18.2. The third-order valence-electron chi connectivity index (χ3n) is 4.96. The number of carbonyl (C=O) groups excluding carboxylic acids is 1. The van der Waals surface area contributed by atoms with E-state index in [1.165, 1.54) is 11.3 Å². The number of carbonyl (C=O) groups is 1. The van der Waals surface area contributed by atoms with Gasteiger partial charge in [0.05, 0.1) is 30.1 Å². The topological polar surface area (TPSA) is 84.8 Å². The van der Waals surface area contributed by atoms with Crippen LogP contribution < -0.4 is 20.2 Å². The molecule has 184 valence electrons. The van der Waals surface area contributed by atoms with Crippen LogP contribution in [-0.4, -0.2) is 30.8 Å². The Morgan fingerprint density at radius 1 is 1.17 bits per heavy atom. The van der Waals surface area contributed by atoms with E-state index >= 15 is 0 Å². The van der Waals surface area contributed by atoms with E-state index in [2.05, 4.69) is 36.8 Å². The van der Waals surface area contributed by atoms with Gasteiger partial charge in [0.15, 0.2) is 16.6 Å². The van der Waals surface area contributed by atoms with Gasteiger partial charge in [0.25, 0.3) is 5.91 Å². The highest BCUT2D eigenvalue weighted by molar-refractivity contribution is 9.10. The minimum Gasteiger partial charge on any atom is -0.492 e. The van der Waals surface area contributed by atoms with E-state index in [-0.39, 0.29) is 5.91 Å². The number of halogens is 2. The molecule has 0 unspecified atom stereocenters. The molecule has 1 heterocycles. The molecule has 0 aliphatic rings. The number of hydrazone groups is 1. The van der Waals surface area contributed by atoms with Crippen molar-refractivity contribution in [3.05, 3.63) is 86.7 Å². The standard InChI is InChI=1S/C26H22BrClN4O3S/c1-3-35-23-13-16(12-21(27)24(23)34-2)14-29-32-25(33)18-6-4-17(5-7-18)22-15-36-26(31-22)30-20-10-8-19(28)9-11-20/h4-15H,3H2,1-2H3,(H,30,31)(H,32,33)/b29-14-. The van der Waals surface area contributed by atoms with Gasteiger partial charge in [-0.2, -0.15) is 5.10 Å². The van der Waals surface area contributed by atoms with Crippen molar-refractivity contribution in [2.24, 2.45) is 5.10 Å². The molecule has 0 aliphatic carbocycles. The zero-order valence-corrected chi connectivity index (χ0v) is 22.6. The van der Waals surface area contributed by atoms with Crippen LogP contribution in [0.25, 0.3) is 11.3 Å². The van der Waals surface area contributed by atoms with Crippen LogP contribution in [0.1, 0.15) is 22.8 Å². The van der Waals surface area contributed by atoms with E-state index in [1.807, 2.05) is 54.8 Å². The van der Waals surface area contributed by atoms with Gasteiger partial charge in [-0.05, 0) is 76.9 Å². The smallest absolute Gasteiger partial charge is 0.271 e. The van der Waals surface area contributed by atoms with Crippen LogP contribution in [0.4, 0.5) is 10.8 Å². The molecule has 4 rings (SSSR count).